The van der Waals surface area contributed by atoms with E-state index in [1.54, 1.807) is 12.1 Å². The summed E-state index contributed by atoms with van der Waals surface area (Å²) in [4.78, 5) is -0.173. The van der Waals surface area contributed by atoms with Crippen molar-refractivity contribution in [3.8, 4) is 0 Å². The van der Waals surface area contributed by atoms with Crippen molar-refractivity contribution in [1.29, 1.82) is 0 Å². The number of hydrogen-bond acceptors (Lipinski definition) is 3. The van der Waals surface area contributed by atoms with Crippen molar-refractivity contribution >= 4 is 10.0 Å². The van der Waals surface area contributed by atoms with Crippen molar-refractivity contribution in [3.05, 3.63) is 65.7 Å². The number of hydrogen-bond donors (Lipinski definition) is 2. The van der Waals surface area contributed by atoms with Gasteiger partial charge in [0.1, 0.15) is 0 Å². The van der Waals surface area contributed by atoms with Crippen LogP contribution in [0.2, 0.25) is 0 Å². The molecule has 2 aromatic rings. The Morgan fingerprint density at radius 1 is 0.889 bits per heavy atom. The van der Waals surface area contributed by atoms with E-state index < -0.39 is 33.9 Å². The van der Waals surface area contributed by atoms with Crippen LogP contribution < -0.4 is 4.72 Å². The van der Waals surface area contributed by atoms with Crippen LogP contribution in [0.25, 0.3) is 0 Å². The highest BCUT2D eigenvalue weighted by molar-refractivity contribution is 7.89. The quantitative estimate of drug-likeness (QED) is 0.803. The summed E-state index contributed by atoms with van der Waals surface area (Å²) in [5, 5.41) is 10.2. The summed E-state index contributed by atoms with van der Waals surface area (Å²) in [5.74, 6) is 0. The Hall–Kier alpha value is -1.90. The lowest BCUT2D eigenvalue weighted by atomic mass is 9.87. The first-order chi connectivity index (χ1) is 12.3. The minimum atomic E-state index is -5.06. The Kier molecular flexibility index (Phi) is 5.75. The van der Waals surface area contributed by atoms with Gasteiger partial charge in [-0.15, -0.1) is 0 Å². The van der Waals surface area contributed by atoms with Gasteiger partial charge in [-0.3, -0.25) is 0 Å². The lowest BCUT2D eigenvalue weighted by Gasteiger charge is -2.31. The van der Waals surface area contributed by atoms with E-state index in [1.165, 1.54) is 30.3 Å². The number of aliphatic hydroxyl groups is 1. The van der Waals surface area contributed by atoms with Gasteiger partial charge in [0, 0.05) is 0 Å². The maximum Gasteiger partial charge on any atom is 0.422 e. The molecule has 148 valence electrons. The van der Waals surface area contributed by atoms with Gasteiger partial charge >= 0.3 is 6.18 Å². The molecule has 0 aliphatic rings. The van der Waals surface area contributed by atoms with Gasteiger partial charge in [0.2, 0.25) is 10.0 Å². The van der Waals surface area contributed by atoms with E-state index in [2.05, 4.69) is 0 Å². The Morgan fingerprint density at radius 2 is 1.41 bits per heavy atom. The molecule has 8 heteroatoms. The maximum absolute atomic E-state index is 13.5. The van der Waals surface area contributed by atoms with Crippen molar-refractivity contribution < 1.29 is 26.7 Å². The van der Waals surface area contributed by atoms with Crippen LogP contribution in [0.15, 0.2) is 59.5 Å². The number of alkyl halides is 3. The molecular weight excluding hydrogens is 379 g/mol. The number of nitrogens with one attached hydrogen (secondary N) is 1. The van der Waals surface area contributed by atoms with Crippen molar-refractivity contribution in [2.45, 2.75) is 42.9 Å². The summed E-state index contributed by atoms with van der Waals surface area (Å²) in [7, 11) is -4.23. The second-order valence-electron chi connectivity index (χ2n) is 7.32. The van der Waals surface area contributed by atoms with Gasteiger partial charge < -0.3 is 5.11 Å². The fourth-order valence-corrected chi connectivity index (χ4v) is 3.56. The first-order valence-corrected chi connectivity index (χ1v) is 9.70. The van der Waals surface area contributed by atoms with Gasteiger partial charge in [0.25, 0.3) is 0 Å². The van der Waals surface area contributed by atoms with E-state index in [0.29, 0.717) is 0 Å². The summed E-state index contributed by atoms with van der Waals surface area (Å²) in [6, 6.07) is 12.3. The summed E-state index contributed by atoms with van der Waals surface area (Å²) < 4.78 is 67.1. The third-order valence-corrected chi connectivity index (χ3v) is 5.69. The predicted molar refractivity (Wildman–Crippen MR) is 96.7 cm³/mol. The molecule has 4 nitrogen and oxygen atoms in total. The normalized spacial score (nSPS) is 15.4. The van der Waals surface area contributed by atoms with E-state index in [4.69, 9.17) is 0 Å². The van der Waals surface area contributed by atoms with Crippen LogP contribution in [0, 0.1) is 0 Å². The molecule has 2 N–H and O–H groups in total. The molecule has 0 saturated carbocycles. The zero-order valence-electron chi connectivity index (χ0n) is 15.2. The Morgan fingerprint density at radius 3 is 1.85 bits per heavy atom. The van der Waals surface area contributed by atoms with Crippen LogP contribution in [0.5, 0.6) is 0 Å². The van der Waals surface area contributed by atoms with Crippen molar-refractivity contribution in [2.75, 3.05) is 6.54 Å². The Bertz CT molecular complexity index is 873. The molecule has 0 aliphatic carbocycles. The summed E-state index contributed by atoms with van der Waals surface area (Å²) in [6.45, 7) is 4.64. The van der Waals surface area contributed by atoms with Gasteiger partial charge in [-0.1, -0.05) is 63.2 Å². The molecule has 27 heavy (non-hydrogen) atoms. The van der Waals surface area contributed by atoms with E-state index in [9.17, 15) is 26.7 Å². The zero-order valence-corrected chi connectivity index (χ0v) is 16.0. The van der Waals surface area contributed by atoms with Gasteiger partial charge in [-0.25, -0.2) is 13.1 Å². The molecule has 0 saturated heterocycles. The highest BCUT2D eigenvalue weighted by Crippen LogP contribution is 2.38. The van der Waals surface area contributed by atoms with E-state index in [-0.39, 0.29) is 10.3 Å². The van der Waals surface area contributed by atoms with Crippen molar-refractivity contribution in [1.82, 2.24) is 4.72 Å². The van der Waals surface area contributed by atoms with Crippen LogP contribution in [0.3, 0.4) is 0 Å². The molecule has 0 fully saturated rings. The molecule has 2 rings (SSSR count). The van der Waals surface area contributed by atoms with Crippen LogP contribution in [0.1, 0.15) is 31.9 Å². The summed E-state index contributed by atoms with van der Waals surface area (Å²) >= 11 is 0. The average Bonchev–Trinajstić information content (AvgIpc) is 2.59. The molecule has 0 bridgehead atoms. The first kappa shape index (κ1) is 21.4. The van der Waals surface area contributed by atoms with Gasteiger partial charge in [-0.05, 0) is 28.7 Å². The lowest BCUT2D eigenvalue weighted by Crippen LogP contribution is -2.51. The van der Waals surface area contributed by atoms with E-state index in [0.717, 1.165) is 17.7 Å². The second-order valence-corrected chi connectivity index (χ2v) is 9.09. The fourth-order valence-electron chi connectivity index (χ4n) is 2.50. The summed E-state index contributed by atoms with van der Waals surface area (Å²) in [6.07, 6.45) is -5.06. The van der Waals surface area contributed by atoms with Crippen LogP contribution in [-0.4, -0.2) is 26.2 Å². The van der Waals surface area contributed by atoms with Crippen molar-refractivity contribution in [2.24, 2.45) is 0 Å². The monoisotopic (exact) mass is 401 g/mol. The largest absolute Gasteiger partial charge is 0.422 e. The van der Waals surface area contributed by atoms with Crippen LogP contribution >= 0.6 is 0 Å². The third kappa shape index (κ3) is 4.69. The molecule has 0 aromatic heterocycles. The van der Waals surface area contributed by atoms with E-state index >= 15 is 0 Å². The third-order valence-electron chi connectivity index (χ3n) is 4.27. The number of benzene rings is 2. The SMILES string of the molecule is CC(C)(C)c1ccc(S(=O)(=O)NCC(O)(c2ccccc2)C(F)(F)F)cc1. The minimum absolute atomic E-state index is 0.173. The van der Waals surface area contributed by atoms with Crippen molar-refractivity contribution in [3.63, 3.8) is 0 Å². The molecular formula is C19H22F3NO3S. The summed E-state index contributed by atoms with van der Waals surface area (Å²) in [5.41, 5.74) is -3.09. The highest BCUT2D eigenvalue weighted by Gasteiger charge is 2.55. The molecule has 0 amide bonds. The predicted octanol–water partition coefficient (Wildman–Crippen LogP) is 3.71. The average molecular weight is 401 g/mol. The topological polar surface area (TPSA) is 66.4 Å². The molecule has 0 radical (unpaired) electrons. The van der Waals surface area contributed by atoms with Gasteiger partial charge in [-0.2, -0.15) is 13.2 Å². The van der Waals surface area contributed by atoms with E-state index in [1.807, 2.05) is 25.5 Å². The fraction of sp³-hybridized carbons (Fsp3) is 0.368. The number of rotatable bonds is 5. The molecule has 0 spiro atoms. The molecule has 1 unspecified atom stereocenters. The molecule has 2 aromatic carbocycles. The zero-order chi connectivity index (χ0) is 20.5. The number of halogens is 3. The molecule has 1 atom stereocenters. The smallest absolute Gasteiger partial charge is 0.375 e. The van der Waals surface area contributed by atoms with Crippen LogP contribution in [-0.2, 0) is 21.0 Å². The highest BCUT2D eigenvalue weighted by atomic mass is 32.2. The first-order valence-electron chi connectivity index (χ1n) is 8.22. The maximum atomic E-state index is 13.5. The Balaban J connectivity index is 2.29. The van der Waals surface area contributed by atoms with Gasteiger partial charge in [0.05, 0.1) is 11.4 Å². The van der Waals surface area contributed by atoms with Gasteiger partial charge in [0.15, 0.2) is 5.60 Å². The minimum Gasteiger partial charge on any atom is -0.375 e. The second kappa shape index (κ2) is 7.26. The number of sulfonamides is 1. The van der Waals surface area contributed by atoms with Crippen LogP contribution in [0.4, 0.5) is 13.2 Å². The molecule has 0 heterocycles. The lowest BCUT2D eigenvalue weighted by molar-refractivity contribution is -0.263. The Labute approximate surface area is 157 Å². The molecule has 0 aliphatic heterocycles. The standard InChI is InChI=1S/C19H22F3NO3S/c1-17(2,3)14-9-11-16(12-10-14)27(25,26)23-13-18(24,19(20,21)22)15-7-5-4-6-8-15/h4-12,23-24H,13H2,1-3H3.